The van der Waals surface area contributed by atoms with Gasteiger partial charge in [0.15, 0.2) is 5.25 Å². The van der Waals surface area contributed by atoms with Gasteiger partial charge in [-0.05, 0) is 19.1 Å². The van der Waals surface area contributed by atoms with Crippen molar-refractivity contribution in [3.63, 3.8) is 0 Å². The molecule has 0 radical (unpaired) electrons. The molecule has 1 aromatic carbocycles. The van der Waals surface area contributed by atoms with Crippen LogP contribution in [0.5, 0.6) is 0 Å². The van der Waals surface area contributed by atoms with Crippen molar-refractivity contribution >= 4 is 16.0 Å². The number of benzene rings is 1. The van der Waals surface area contributed by atoms with Crippen molar-refractivity contribution in [2.45, 2.75) is 18.7 Å². The number of rotatable bonds is 6. The third-order valence-corrected chi connectivity index (χ3v) is 4.63. The number of sulfonamides is 1. The fraction of sp³-hybridized carbons (Fsp3) is 0.231. The summed E-state index contributed by atoms with van der Waals surface area (Å²) in [5, 5.41) is 11.4. The van der Waals surface area contributed by atoms with Crippen molar-refractivity contribution < 1.29 is 18.3 Å². The molecule has 0 aliphatic heterocycles. The molecular formula is C13H15N3O4S. The SMILES string of the molecule is CC(C(=O)O)S(=O)(=O)NCc1cnn(-c2ccccc2)c1. The minimum atomic E-state index is -3.90. The van der Waals surface area contributed by atoms with Crippen molar-refractivity contribution in [2.75, 3.05) is 0 Å². The van der Waals surface area contributed by atoms with Crippen LogP contribution in [-0.2, 0) is 21.4 Å². The summed E-state index contributed by atoms with van der Waals surface area (Å²) in [7, 11) is -3.90. The second-order valence-corrected chi connectivity index (χ2v) is 6.56. The third-order valence-electron chi connectivity index (χ3n) is 2.95. The Hall–Kier alpha value is -2.19. The molecule has 0 saturated carbocycles. The Balaban J connectivity index is 2.06. The normalized spacial score (nSPS) is 13.0. The topological polar surface area (TPSA) is 101 Å². The summed E-state index contributed by atoms with van der Waals surface area (Å²) in [4.78, 5) is 10.7. The van der Waals surface area contributed by atoms with E-state index in [0.717, 1.165) is 12.6 Å². The fourth-order valence-corrected chi connectivity index (χ4v) is 2.50. The molecule has 112 valence electrons. The fourth-order valence-electron chi connectivity index (χ4n) is 1.61. The molecule has 2 aromatic rings. The van der Waals surface area contributed by atoms with Crippen molar-refractivity contribution in [1.82, 2.24) is 14.5 Å². The van der Waals surface area contributed by atoms with Crippen LogP contribution in [0.4, 0.5) is 0 Å². The zero-order chi connectivity index (χ0) is 15.5. The third kappa shape index (κ3) is 3.67. The van der Waals surface area contributed by atoms with Crippen LogP contribution in [0, 0.1) is 0 Å². The summed E-state index contributed by atoms with van der Waals surface area (Å²) in [6.45, 7) is 1.12. The van der Waals surface area contributed by atoms with E-state index in [1.807, 2.05) is 30.3 Å². The van der Waals surface area contributed by atoms with Crippen LogP contribution in [0.3, 0.4) is 0 Å². The number of aliphatic carboxylic acids is 1. The number of carbonyl (C=O) groups is 1. The number of carboxylic acid groups (broad SMARTS) is 1. The second kappa shape index (κ2) is 6.06. The largest absolute Gasteiger partial charge is 0.480 e. The minimum absolute atomic E-state index is 0.00716. The Morgan fingerprint density at radius 2 is 2.05 bits per heavy atom. The molecule has 0 amide bonds. The van der Waals surface area contributed by atoms with E-state index in [9.17, 15) is 13.2 Å². The first-order chi connectivity index (χ1) is 9.90. The first kappa shape index (κ1) is 15.2. The molecule has 1 heterocycles. The molecule has 2 rings (SSSR count). The molecule has 0 saturated heterocycles. The first-order valence-corrected chi connectivity index (χ1v) is 7.75. The Labute approximate surface area is 122 Å². The molecule has 7 nitrogen and oxygen atoms in total. The van der Waals surface area contributed by atoms with E-state index in [1.165, 1.54) is 6.20 Å². The highest BCUT2D eigenvalue weighted by molar-refractivity contribution is 7.90. The van der Waals surface area contributed by atoms with Gasteiger partial charge < -0.3 is 5.11 Å². The van der Waals surface area contributed by atoms with Gasteiger partial charge in [-0.3, -0.25) is 4.79 Å². The maximum absolute atomic E-state index is 11.7. The van der Waals surface area contributed by atoms with Crippen LogP contribution >= 0.6 is 0 Å². The van der Waals surface area contributed by atoms with Gasteiger partial charge in [0.1, 0.15) is 0 Å². The van der Waals surface area contributed by atoms with Gasteiger partial charge in [0.2, 0.25) is 10.0 Å². The van der Waals surface area contributed by atoms with Gasteiger partial charge in [-0.2, -0.15) is 5.10 Å². The lowest BCUT2D eigenvalue weighted by Crippen LogP contribution is -2.37. The molecular weight excluding hydrogens is 294 g/mol. The van der Waals surface area contributed by atoms with E-state index >= 15 is 0 Å². The predicted molar refractivity (Wildman–Crippen MR) is 76.4 cm³/mol. The van der Waals surface area contributed by atoms with Gasteiger partial charge >= 0.3 is 5.97 Å². The van der Waals surface area contributed by atoms with E-state index in [-0.39, 0.29) is 6.54 Å². The van der Waals surface area contributed by atoms with Gasteiger partial charge in [-0.15, -0.1) is 0 Å². The van der Waals surface area contributed by atoms with E-state index < -0.39 is 21.2 Å². The Bertz CT molecular complexity index is 725. The maximum Gasteiger partial charge on any atom is 0.323 e. The highest BCUT2D eigenvalue weighted by Crippen LogP contribution is 2.08. The van der Waals surface area contributed by atoms with Gasteiger partial charge in [0.25, 0.3) is 0 Å². The summed E-state index contributed by atoms with van der Waals surface area (Å²) in [5.41, 5.74) is 1.49. The molecule has 1 atom stereocenters. The monoisotopic (exact) mass is 309 g/mol. The number of hydrogen-bond donors (Lipinski definition) is 2. The van der Waals surface area contributed by atoms with Crippen molar-refractivity contribution in [3.05, 3.63) is 48.3 Å². The number of nitrogens with one attached hydrogen (secondary N) is 1. The number of para-hydroxylation sites is 1. The smallest absolute Gasteiger partial charge is 0.323 e. The summed E-state index contributed by atoms with van der Waals surface area (Å²) in [5.74, 6) is -1.39. The molecule has 0 spiro atoms. The van der Waals surface area contributed by atoms with Gasteiger partial charge in [-0.25, -0.2) is 17.8 Å². The van der Waals surface area contributed by atoms with Crippen LogP contribution in [-0.4, -0.2) is 34.5 Å². The van der Waals surface area contributed by atoms with Gasteiger partial charge in [-0.1, -0.05) is 18.2 Å². The maximum atomic E-state index is 11.7. The summed E-state index contributed by atoms with van der Waals surface area (Å²) < 4.78 is 27.3. The first-order valence-electron chi connectivity index (χ1n) is 6.20. The zero-order valence-corrected chi connectivity index (χ0v) is 12.1. The van der Waals surface area contributed by atoms with Crippen LogP contribution < -0.4 is 4.72 Å². The highest BCUT2D eigenvalue weighted by atomic mass is 32.2. The van der Waals surface area contributed by atoms with Crippen LogP contribution in [0.1, 0.15) is 12.5 Å². The Morgan fingerprint density at radius 3 is 2.67 bits per heavy atom. The zero-order valence-electron chi connectivity index (χ0n) is 11.3. The average molecular weight is 309 g/mol. The lowest BCUT2D eigenvalue weighted by atomic mass is 10.3. The summed E-state index contributed by atoms with van der Waals surface area (Å²) in [6.07, 6.45) is 3.21. The molecule has 0 bridgehead atoms. The highest BCUT2D eigenvalue weighted by Gasteiger charge is 2.27. The summed E-state index contributed by atoms with van der Waals surface area (Å²) >= 11 is 0. The quantitative estimate of drug-likeness (QED) is 0.820. The van der Waals surface area contributed by atoms with E-state index in [4.69, 9.17) is 5.11 Å². The van der Waals surface area contributed by atoms with Crippen molar-refractivity contribution in [1.29, 1.82) is 0 Å². The van der Waals surface area contributed by atoms with Crippen molar-refractivity contribution in [3.8, 4) is 5.69 Å². The minimum Gasteiger partial charge on any atom is -0.480 e. The molecule has 8 heteroatoms. The molecule has 0 aliphatic carbocycles. The van der Waals surface area contributed by atoms with Crippen LogP contribution in [0.15, 0.2) is 42.7 Å². The number of aromatic nitrogens is 2. The lowest BCUT2D eigenvalue weighted by Gasteiger charge is -2.08. The molecule has 1 aromatic heterocycles. The van der Waals surface area contributed by atoms with Crippen LogP contribution in [0.25, 0.3) is 5.69 Å². The Kier molecular flexibility index (Phi) is 4.39. The number of nitrogens with zero attached hydrogens (tertiary/aromatic N) is 2. The average Bonchev–Trinajstić information content (AvgIpc) is 2.94. The summed E-state index contributed by atoms with van der Waals surface area (Å²) in [6, 6.07) is 9.36. The second-order valence-electron chi connectivity index (χ2n) is 4.48. The Morgan fingerprint density at radius 1 is 1.38 bits per heavy atom. The van der Waals surface area contributed by atoms with Gasteiger partial charge in [0.05, 0.1) is 11.9 Å². The standard InChI is InChI=1S/C13H15N3O4S/c1-10(13(17)18)21(19,20)15-8-11-7-14-16(9-11)12-5-3-2-4-6-12/h2-7,9-10,15H,8H2,1H3,(H,17,18). The predicted octanol–water partition coefficient (Wildman–Crippen LogP) is 0.765. The molecule has 1 unspecified atom stereocenters. The van der Waals surface area contributed by atoms with Crippen molar-refractivity contribution in [2.24, 2.45) is 0 Å². The molecule has 21 heavy (non-hydrogen) atoms. The molecule has 0 aliphatic rings. The van der Waals surface area contributed by atoms with E-state index in [1.54, 1.807) is 10.9 Å². The van der Waals surface area contributed by atoms with Gasteiger partial charge in [0, 0.05) is 18.3 Å². The molecule has 0 fully saturated rings. The number of hydrogen-bond acceptors (Lipinski definition) is 4. The molecule has 2 N–H and O–H groups in total. The number of carboxylic acids is 1. The van der Waals surface area contributed by atoms with E-state index in [0.29, 0.717) is 5.56 Å². The van der Waals surface area contributed by atoms with Crippen LogP contribution in [0.2, 0.25) is 0 Å². The lowest BCUT2D eigenvalue weighted by molar-refractivity contribution is -0.136. The van der Waals surface area contributed by atoms with E-state index in [2.05, 4.69) is 9.82 Å².